The molecule has 1 N–H and O–H groups in total. The molecule has 1 aromatic heterocycles. The number of carbonyl (C=O) groups excluding carboxylic acids is 2. The van der Waals surface area contributed by atoms with Crippen molar-refractivity contribution in [2.75, 3.05) is 5.32 Å². The Morgan fingerprint density at radius 2 is 2.18 bits per heavy atom. The number of Topliss-reactive ketones (excluding diaryl/α,β-unsaturated/α-hetero) is 1. The number of ketones is 1. The van der Waals surface area contributed by atoms with Crippen molar-refractivity contribution in [2.45, 2.75) is 6.92 Å². The molecule has 0 fully saturated rings. The zero-order valence-corrected chi connectivity index (χ0v) is 9.82. The first-order valence-corrected chi connectivity index (χ1v) is 5.70. The largest absolute Gasteiger partial charge is 0.321 e. The predicted molar refractivity (Wildman–Crippen MR) is 64.3 cm³/mol. The van der Waals surface area contributed by atoms with Crippen molar-refractivity contribution < 1.29 is 9.59 Å². The normalized spacial score (nSPS) is 9.94. The maximum atomic E-state index is 11.7. The van der Waals surface area contributed by atoms with Crippen LogP contribution in [0, 0.1) is 0 Å². The first kappa shape index (κ1) is 11.4. The molecule has 0 bridgehead atoms. The molecule has 0 unspecified atom stereocenters. The molecule has 0 aliphatic rings. The van der Waals surface area contributed by atoms with Crippen LogP contribution >= 0.6 is 11.5 Å². The van der Waals surface area contributed by atoms with Gasteiger partial charge in [-0.15, -0.1) is 5.10 Å². The second-order valence-electron chi connectivity index (χ2n) is 3.38. The Hall–Kier alpha value is -2.08. The van der Waals surface area contributed by atoms with Crippen molar-refractivity contribution in [3.05, 3.63) is 40.9 Å². The van der Waals surface area contributed by atoms with Gasteiger partial charge in [0, 0.05) is 16.6 Å². The first-order chi connectivity index (χ1) is 8.16. The topological polar surface area (TPSA) is 72.0 Å². The molecule has 6 heteroatoms. The predicted octanol–water partition coefficient (Wildman–Crippen LogP) is 1.99. The van der Waals surface area contributed by atoms with Gasteiger partial charge in [0.2, 0.25) is 0 Å². The lowest BCUT2D eigenvalue weighted by atomic mass is 10.1. The first-order valence-electron chi connectivity index (χ1n) is 4.86. The summed E-state index contributed by atoms with van der Waals surface area (Å²) in [7, 11) is 0. The highest BCUT2D eigenvalue weighted by Gasteiger charge is 2.09. The number of aromatic nitrogens is 2. The van der Waals surface area contributed by atoms with Gasteiger partial charge in [0.1, 0.15) is 0 Å². The summed E-state index contributed by atoms with van der Waals surface area (Å²) in [5.74, 6) is -0.379. The summed E-state index contributed by atoms with van der Waals surface area (Å²) in [5, 5.41) is 7.87. The lowest BCUT2D eigenvalue weighted by Crippen LogP contribution is -2.12. The third-order valence-electron chi connectivity index (χ3n) is 2.12. The van der Waals surface area contributed by atoms with Crippen molar-refractivity contribution in [2.24, 2.45) is 0 Å². The van der Waals surface area contributed by atoms with Crippen LogP contribution in [0.3, 0.4) is 0 Å². The van der Waals surface area contributed by atoms with Crippen LogP contribution in [0.25, 0.3) is 0 Å². The van der Waals surface area contributed by atoms with Crippen LogP contribution in [0.4, 0.5) is 5.69 Å². The summed E-state index contributed by atoms with van der Waals surface area (Å²) in [6, 6.07) is 6.75. The molecular weight excluding hydrogens is 238 g/mol. The summed E-state index contributed by atoms with van der Waals surface area (Å²) >= 11 is 1.11. The molecule has 86 valence electrons. The number of nitrogens with zero attached hydrogens (tertiary/aromatic N) is 2. The maximum Gasteiger partial charge on any atom is 0.277 e. The van der Waals surface area contributed by atoms with E-state index in [2.05, 4.69) is 14.9 Å². The quantitative estimate of drug-likeness (QED) is 0.842. The molecule has 0 aliphatic carbocycles. The van der Waals surface area contributed by atoms with Crippen molar-refractivity contribution in [1.82, 2.24) is 9.59 Å². The number of nitrogens with one attached hydrogen (secondary N) is 1. The molecule has 0 atom stereocenters. The van der Waals surface area contributed by atoms with E-state index in [0.29, 0.717) is 11.3 Å². The van der Waals surface area contributed by atoms with Gasteiger partial charge >= 0.3 is 0 Å². The Bertz CT molecular complexity index is 552. The third kappa shape index (κ3) is 2.73. The summed E-state index contributed by atoms with van der Waals surface area (Å²) in [6.45, 7) is 1.48. The molecule has 0 saturated heterocycles. The average molecular weight is 247 g/mol. The number of hydrogen-bond acceptors (Lipinski definition) is 5. The highest BCUT2D eigenvalue weighted by atomic mass is 32.1. The van der Waals surface area contributed by atoms with Crippen molar-refractivity contribution in [1.29, 1.82) is 0 Å². The van der Waals surface area contributed by atoms with Crippen LogP contribution in [0.15, 0.2) is 29.6 Å². The smallest absolute Gasteiger partial charge is 0.277 e. The Kier molecular flexibility index (Phi) is 3.24. The van der Waals surface area contributed by atoms with Crippen LogP contribution in [0.5, 0.6) is 0 Å². The van der Waals surface area contributed by atoms with Crippen molar-refractivity contribution in [3.63, 3.8) is 0 Å². The molecule has 2 aromatic rings. The molecule has 17 heavy (non-hydrogen) atoms. The molecular formula is C11H9N3O2S. The highest BCUT2D eigenvalue weighted by Crippen LogP contribution is 2.12. The molecule has 0 saturated carbocycles. The van der Waals surface area contributed by atoms with Gasteiger partial charge in [-0.05, 0) is 30.6 Å². The standard InChI is InChI=1S/C11H9N3O2S/c1-7(15)8-3-2-4-9(5-8)12-11(16)10-6-17-14-13-10/h2-6H,1H3,(H,12,16). The Morgan fingerprint density at radius 1 is 1.35 bits per heavy atom. The summed E-state index contributed by atoms with van der Waals surface area (Å²) in [5.41, 5.74) is 1.39. The van der Waals surface area contributed by atoms with E-state index in [0.717, 1.165) is 11.5 Å². The van der Waals surface area contributed by atoms with Gasteiger partial charge in [0.05, 0.1) is 0 Å². The van der Waals surface area contributed by atoms with Crippen LogP contribution in [0.1, 0.15) is 27.8 Å². The van der Waals surface area contributed by atoms with Gasteiger partial charge in [0.15, 0.2) is 11.5 Å². The Balaban J connectivity index is 2.16. The van der Waals surface area contributed by atoms with Gasteiger partial charge in [-0.2, -0.15) is 0 Å². The lowest BCUT2D eigenvalue weighted by Gasteiger charge is -2.04. The van der Waals surface area contributed by atoms with Gasteiger partial charge in [-0.25, -0.2) is 0 Å². The molecule has 0 spiro atoms. The van der Waals surface area contributed by atoms with Crippen molar-refractivity contribution >= 4 is 28.9 Å². The fraction of sp³-hybridized carbons (Fsp3) is 0.0909. The SMILES string of the molecule is CC(=O)c1cccc(NC(=O)c2csnn2)c1. The van der Waals surface area contributed by atoms with Crippen LogP contribution in [0.2, 0.25) is 0 Å². The fourth-order valence-electron chi connectivity index (χ4n) is 1.27. The Morgan fingerprint density at radius 3 is 2.82 bits per heavy atom. The van der Waals surface area contributed by atoms with E-state index in [-0.39, 0.29) is 17.4 Å². The lowest BCUT2D eigenvalue weighted by molar-refractivity contribution is 0.100. The number of rotatable bonds is 3. The Labute approximate surface area is 102 Å². The number of carbonyl (C=O) groups is 2. The molecule has 0 aliphatic heterocycles. The average Bonchev–Trinajstić information content (AvgIpc) is 2.82. The van der Waals surface area contributed by atoms with Gasteiger partial charge in [-0.3, -0.25) is 9.59 Å². The van der Waals surface area contributed by atoms with Gasteiger partial charge in [-0.1, -0.05) is 16.6 Å². The van der Waals surface area contributed by atoms with E-state index in [1.807, 2.05) is 0 Å². The van der Waals surface area contributed by atoms with Gasteiger partial charge in [0.25, 0.3) is 5.91 Å². The van der Waals surface area contributed by atoms with Crippen molar-refractivity contribution in [3.8, 4) is 0 Å². The minimum Gasteiger partial charge on any atom is -0.321 e. The van der Waals surface area contributed by atoms with E-state index in [1.54, 1.807) is 29.6 Å². The molecule has 1 amide bonds. The molecule has 1 heterocycles. The zero-order valence-electron chi connectivity index (χ0n) is 9.01. The van der Waals surface area contributed by atoms with Gasteiger partial charge < -0.3 is 5.32 Å². The van der Waals surface area contributed by atoms with E-state index in [9.17, 15) is 9.59 Å². The minimum absolute atomic E-state index is 0.0450. The van der Waals surface area contributed by atoms with Crippen LogP contribution in [-0.2, 0) is 0 Å². The van der Waals surface area contributed by atoms with Crippen LogP contribution < -0.4 is 5.32 Å². The third-order valence-corrected chi connectivity index (χ3v) is 2.62. The summed E-state index contributed by atoms with van der Waals surface area (Å²) in [6.07, 6.45) is 0. The molecule has 5 nitrogen and oxygen atoms in total. The molecule has 1 aromatic carbocycles. The second-order valence-corrected chi connectivity index (χ2v) is 3.99. The monoisotopic (exact) mass is 247 g/mol. The number of amides is 1. The number of benzene rings is 1. The zero-order chi connectivity index (χ0) is 12.3. The van der Waals surface area contributed by atoms with Crippen LogP contribution in [-0.4, -0.2) is 21.3 Å². The maximum absolute atomic E-state index is 11.7. The van der Waals surface area contributed by atoms with E-state index in [1.165, 1.54) is 6.92 Å². The molecule has 2 rings (SSSR count). The second kappa shape index (κ2) is 4.84. The molecule has 0 radical (unpaired) electrons. The summed E-state index contributed by atoms with van der Waals surface area (Å²) in [4.78, 5) is 22.8. The van der Waals surface area contributed by atoms with E-state index < -0.39 is 0 Å². The number of anilines is 1. The fourth-order valence-corrected chi connectivity index (χ4v) is 1.71. The van der Waals surface area contributed by atoms with E-state index in [4.69, 9.17) is 0 Å². The minimum atomic E-state index is -0.334. The van der Waals surface area contributed by atoms with E-state index >= 15 is 0 Å². The summed E-state index contributed by atoms with van der Waals surface area (Å²) < 4.78 is 3.61. The highest BCUT2D eigenvalue weighted by molar-refractivity contribution is 7.03. The number of hydrogen-bond donors (Lipinski definition) is 1.